The predicted octanol–water partition coefficient (Wildman–Crippen LogP) is 3.20. The number of hydrogen-bond donors (Lipinski definition) is 3. The van der Waals surface area contributed by atoms with Gasteiger partial charge < -0.3 is 10.2 Å². The van der Waals surface area contributed by atoms with Crippen LogP contribution in [-0.4, -0.2) is 49.9 Å². The number of carbonyl (C=O) groups is 4. The highest BCUT2D eigenvalue weighted by Crippen LogP contribution is 2.51. The van der Waals surface area contributed by atoms with Crippen molar-refractivity contribution in [1.29, 1.82) is 0 Å². The Morgan fingerprint density at radius 1 is 0.943 bits per heavy atom. The van der Waals surface area contributed by atoms with Gasteiger partial charge in [0.25, 0.3) is 0 Å². The van der Waals surface area contributed by atoms with Crippen molar-refractivity contribution >= 4 is 35.9 Å². The van der Waals surface area contributed by atoms with Crippen LogP contribution in [0, 0.1) is 11.8 Å². The number of nitrogens with one attached hydrogen (secondary N) is 1. The molecule has 2 amide bonds. The van der Waals surface area contributed by atoms with Gasteiger partial charge in [-0.2, -0.15) is 0 Å². The smallest absolute Gasteiger partial charge is 0.325 e. The van der Waals surface area contributed by atoms with Crippen LogP contribution in [0.1, 0.15) is 49.9 Å². The minimum Gasteiger partial charge on any atom is -0.481 e. The van der Waals surface area contributed by atoms with Crippen LogP contribution in [0.15, 0.2) is 54.6 Å². The molecule has 2 aromatic carbocycles. The molecule has 182 valence electrons. The SMILES string of the molecule is CC(C)(C)N1C(=O)C2C(c3ccc(/C=C/c4ccccc4)cc3)NC(CC(=O)O)(C(=O)O)C2C1=O. The zero-order valence-electron chi connectivity index (χ0n) is 19.8. The number of carboxylic acids is 2. The van der Waals surface area contributed by atoms with Gasteiger partial charge >= 0.3 is 11.9 Å². The maximum absolute atomic E-state index is 13.5. The summed E-state index contributed by atoms with van der Waals surface area (Å²) in [5.41, 5.74) is -0.425. The molecule has 2 saturated heterocycles. The van der Waals surface area contributed by atoms with Crippen molar-refractivity contribution in [3.63, 3.8) is 0 Å². The number of fused-ring (bicyclic) bond motifs is 1. The third-order valence-electron chi connectivity index (χ3n) is 6.70. The molecule has 2 aliphatic heterocycles. The molecule has 0 bridgehead atoms. The van der Waals surface area contributed by atoms with Gasteiger partial charge in [0.1, 0.15) is 5.54 Å². The largest absolute Gasteiger partial charge is 0.481 e. The molecule has 0 spiro atoms. The number of imide groups is 1. The van der Waals surface area contributed by atoms with E-state index in [1.54, 1.807) is 32.9 Å². The Kier molecular flexibility index (Phi) is 6.11. The molecule has 4 atom stereocenters. The first-order chi connectivity index (χ1) is 16.5. The maximum Gasteiger partial charge on any atom is 0.325 e. The van der Waals surface area contributed by atoms with E-state index in [4.69, 9.17) is 0 Å². The van der Waals surface area contributed by atoms with Crippen molar-refractivity contribution in [1.82, 2.24) is 10.2 Å². The number of benzene rings is 2. The Hall–Kier alpha value is -3.78. The average Bonchev–Trinajstić information content (AvgIpc) is 3.27. The zero-order valence-corrected chi connectivity index (χ0v) is 19.8. The van der Waals surface area contributed by atoms with Gasteiger partial charge in [-0.3, -0.25) is 29.4 Å². The summed E-state index contributed by atoms with van der Waals surface area (Å²) in [6.07, 6.45) is 3.07. The fraction of sp³-hybridized carbons (Fsp3) is 0.333. The molecule has 4 unspecified atom stereocenters. The van der Waals surface area contributed by atoms with E-state index >= 15 is 0 Å². The summed E-state index contributed by atoms with van der Waals surface area (Å²) in [7, 11) is 0. The van der Waals surface area contributed by atoms with Crippen LogP contribution < -0.4 is 5.32 Å². The summed E-state index contributed by atoms with van der Waals surface area (Å²) >= 11 is 0. The normalized spacial score (nSPS) is 26.4. The number of nitrogens with zero attached hydrogens (tertiary/aromatic N) is 1. The fourth-order valence-electron chi connectivity index (χ4n) is 5.20. The van der Waals surface area contributed by atoms with E-state index in [0.29, 0.717) is 5.56 Å². The molecule has 0 aliphatic carbocycles. The highest BCUT2D eigenvalue weighted by Gasteiger charge is 2.70. The number of likely N-dealkylation sites (tertiary alicyclic amines) is 1. The van der Waals surface area contributed by atoms with Gasteiger partial charge in [0.15, 0.2) is 0 Å². The first kappa shape index (κ1) is 24.3. The van der Waals surface area contributed by atoms with Crippen LogP contribution in [0.2, 0.25) is 0 Å². The molecule has 8 nitrogen and oxygen atoms in total. The second-order valence-corrected chi connectivity index (χ2v) is 10.1. The Bertz CT molecular complexity index is 1200. The minimum absolute atomic E-state index is 0.494. The quantitative estimate of drug-likeness (QED) is 0.432. The molecule has 35 heavy (non-hydrogen) atoms. The highest BCUT2D eigenvalue weighted by molar-refractivity contribution is 6.10. The number of carbonyl (C=O) groups excluding carboxylic acids is 2. The van der Waals surface area contributed by atoms with Crippen molar-refractivity contribution in [2.75, 3.05) is 0 Å². The molecule has 2 heterocycles. The summed E-state index contributed by atoms with van der Waals surface area (Å²) in [6.45, 7) is 5.08. The van der Waals surface area contributed by atoms with E-state index < -0.39 is 59.1 Å². The van der Waals surface area contributed by atoms with Crippen LogP contribution in [0.25, 0.3) is 12.2 Å². The predicted molar refractivity (Wildman–Crippen MR) is 129 cm³/mol. The van der Waals surface area contributed by atoms with E-state index in [1.807, 2.05) is 54.6 Å². The molecule has 0 saturated carbocycles. The lowest BCUT2D eigenvalue weighted by atomic mass is 9.77. The zero-order chi connectivity index (χ0) is 25.5. The van der Waals surface area contributed by atoms with Crippen molar-refractivity contribution in [3.05, 3.63) is 71.3 Å². The molecule has 2 aromatic rings. The molecule has 0 radical (unpaired) electrons. The second-order valence-electron chi connectivity index (χ2n) is 10.1. The van der Waals surface area contributed by atoms with Crippen molar-refractivity contribution < 1.29 is 29.4 Å². The molecule has 2 aliphatic rings. The monoisotopic (exact) mass is 476 g/mol. The van der Waals surface area contributed by atoms with Gasteiger partial charge in [0.05, 0.1) is 18.3 Å². The third kappa shape index (κ3) is 4.25. The van der Waals surface area contributed by atoms with Gasteiger partial charge in [-0.05, 0) is 37.5 Å². The number of aliphatic carboxylic acids is 2. The molecule has 4 rings (SSSR count). The van der Waals surface area contributed by atoms with Crippen LogP contribution in [0.4, 0.5) is 0 Å². The molecule has 3 N–H and O–H groups in total. The first-order valence-corrected chi connectivity index (χ1v) is 11.4. The molecule has 2 fully saturated rings. The molecular weight excluding hydrogens is 448 g/mol. The minimum atomic E-state index is -2.10. The number of carboxylic acid groups (broad SMARTS) is 2. The van der Waals surface area contributed by atoms with Crippen LogP contribution in [0.3, 0.4) is 0 Å². The second kappa shape index (κ2) is 8.78. The van der Waals surface area contributed by atoms with Gasteiger partial charge in [-0.1, -0.05) is 66.7 Å². The summed E-state index contributed by atoms with van der Waals surface area (Å²) < 4.78 is 0. The van der Waals surface area contributed by atoms with Gasteiger partial charge in [-0.15, -0.1) is 0 Å². The van der Waals surface area contributed by atoms with Gasteiger partial charge in [-0.25, -0.2) is 0 Å². The Balaban J connectivity index is 1.72. The summed E-state index contributed by atoms with van der Waals surface area (Å²) in [5.74, 6) is -6.33. The summed E-state index contributed by atoms with van der Waals surface area (Å²) in [4.78, 5) is 52.1. The Morgan fingerprint density at radius 2 is 1.51 bits per heavy atom. The highest BCUT2D eigenvalue weighted by atomic mass is 16.4. The fourth-order valence-corrected chi connectivity index (χ4v) is 5.20. The van der Waals surface area contributed by atoms with Crippen molar-refractivity contribution in [2.24, 2.45) is 11.8 Å². The Labute approximate surface area is 203 Å². The standard InChI is InChI=1S/C27H28N2O6/c1-26(2,3)29-23(32)20-21(24(29)33)27(25(34)35,15-19(30)31)28-22(20)18-13-11-17(12-14-18)10-9-16-7-5-4-6-8-16/h4-14,20-22,28H,15H2,1-3H3,(H,30,31)(H,34,35)/b10-9+. The van der Waals surface area contributed by atoms with Crippen LogP contribution >= 0.6 is 0 Å². The molecule has 0 aromatic heterocycles. The lowest BCUT2D eigenvalue weighted by Crippen LogP contribution is -2.58. The van der Waals surface area contributed by atoms with E-state index in [-0.39, 0.29) is 0 Å². The van der Waals surface area contributed by atoms with E-state index in [9.17, 15) is 29.4 Å². The number of rotatable bonds is 6. The third-order valence-corrected chi connectivity index (χ3v) is 6.70. The topological polar surface area (TPSA) is 124 Å². The lowest BCUT2D eigenvalue weighted by Gasteiger charge is -2.34. The molecule has 8 heteroatoms. The summed E-state index contributed by atoms with van der Waals surface area (Å²) in [5, 5.41) is 22.5. The van der Waals surface area contributed by atoms with Crippen molar-refractivity contribution in [2.45, 2.75) is 44.3 Å². The Morgan fingerprint density at radius 3 is 2.03 bits per heavy atom. The van der Waals surface area contributed by atoms with Crippen LogP contribution in [0.5, 0.6) is 0 Å². The van der Waals surface area contributed by atoms with E-state index in [0.717, 1.165) is 16.0 Å². The first-order valence-electron chi connectivity index (χ1n) is 11.4. The molecular formula is C27H28N2O6. The average molecular weight is 477 g/mol. The van der Waals surface area contributed by atoms with Gasteiger partial charge in [0.2, 0.25) is 11.8 Å². The van der Waals surface area contributed by atoms with E-state index in [2.05, 4.69) is 5.32 Å². The lowest BCUT2D eigenvalue weighted by molar-refractivity contribution is -0.157. The van der Waals surface area contributed by atoms with Crippen LogP contribution in [-0.2, 0) is 19.2 Å². The summed E-state index contributed by atoms with van der Waals surface area (Å²) in [6, 6.07) is 16.2. The van der Waals surface area contributed by atoms with Crippen molar-refractivity contribution in [3.8, 4) is 0 Å². The maximum atomic E-state index is 13.5. The number of hydrogen-bond acceptors (Lipinski definition) is 5. The number of amides is 2. The van der Waals surface area contributed by atoms with E-state index in [1.165, 1.54) is 0 Å². The van der Waals surface area contributed by atoms with Gasteiger partial charge in [0, 0.05) is 11.6 Å².